The molecular weight excluding hydrogens is 258 g/mol. The molecule has 2 atom stereocenters. The van der Waals surface area contributed by atoms with Crippen molar-refractivity contribution >= 4 is 17.5 Å². The van der Waals surface area contributed by atoms with Crippen LogP contribution in [0.5, 0.6) is 0 Å². The number of benzene rings is 1. The summed E-state index contributed by atoms with van der Waals surface area (Å²) in [5.74, 6) is 0.620. The van der Waals surface area contributed by atoms with Gasteiger partial charge in [-0.1, -0.05) is 42.0 Å². The monoisotopic (exact) mass is 277 g/mol. The van der Waals surface area contributed by atoms with Crippen molar-refractivity contribution in [2.45, 2.75) is 26.2 Å². The van der Waals surface area contributed by atoms with Crippen LogP contribution in [0.1, 0.15) is 31.7 Å². The quantitative estimate of drug-likeness (QED) is 0.748. The fraction of sp³-hybridized carbons (Fsp3) is 0.438. The Kier molecular flexibility index (Phi) is 4.31. The lowest BCUT2D eigenvalue weighted by molar-refractivity contribution is -0.132. The SMILES string of the molecule is C=C(C)CN(CC)C(=O)C1CC1c1ccccc1Cl. The number of rotatable bonds is 5. The molecule has 1 aliphatic rings. The van der Waals surface area contributed by atoms with E-state index in [-0.39, 0.29) is 11.8 Å². The van der Waals surface area contributed by atoms with E-state index in [2.05, 4.69) is 6.58 Å². The lowest BCUT2D eigenvalue weighted by Crippen LogP contribution is -2.33. The van der Waals surface area contributed by atoms with Gasteiger partial charge < -0.3 is 4.90 Å². The Morgan fingerprint density at radius 1 is 1.47 bits per heavy atom. The zero-order valence-electron chi connectivity index (χ0n) is 11.5. The van der Waals surface area contributed by atoms with Crippen molar-refractivity contribution in [2.75, 3.05) is 13.1 Å². The average Bonchev–Trinajstić information content (AvgIpc) is 3.15. The highest BCUT2D eigenvalue weighted by atomic mass is 35.5. The number of halogens is 1. The number of hydrogen-bond acceptors (Lipinski definition) is 1. The van der Waals surface area contributed by atoms with Gasteiger partial charge in [0.1, 0.15) is 0 Å². The number of amides is 1. The zero-order chi connectivity index (χ0) is 14.0. The summed E-state index contributed by atoms with van der Waals surface area (Å²) in [4.78, 5) is 14.3. The van der Waals surface area contributed by atoms with Gasteiger partial charge in [-0.25, -0.2) is 0 Å². The smallest absolute Gasteiger partial charge is 0.226 e. The second-order valence-electron chi connectivity index (χ2n) is 5.28. The predicted molar refractivity (Wildman–Crippen MR) is 79.4 cm³/mol. The molecule has 1 saturated carbocycles. The van der Waals surface area contributed by atoms with Crippen molar-refractivity contribution in [3.8, 4) is 0 Å². The van der Waals surface area contributed by atoms with Gasteiger partial charge in [0.25, 0.3) is 0 Å². The molecule has 1 fully saturated rings. The molecule has 102 valence electrons. The van der Waals surface area contributed by atoms with E-state index in [1.54, 1.807) is 0 Å². The van der Waals surface area contributed by atoms with Gasteiger partial charge in [-0.15, -0.1) is 0 Å². The van der Waals surface area contributed by atoms with Crippen molar-refractivity contribution < 1.29 is 4.79 Å². The lowest BCUT2D eigenvalue weighted by atomic mass is 10.1. The fourth-order valence-corrected chi connectivity index (χ4v) is 2.77. The molecule has 2 rings (SSSR count). The minimum Gasteiger partial charge on any atom is -0.339 e. The zero-order valence-corrected chi connectivity index (χ0v) is 12.3. The van der Waals surface area contributed by atoms with Crippen LogP contribution >= 0.6 is 11.6 Å². The maximum Gasteiger partial charge on any atom is 0.226 e. The Bertz CT molecular complexity index is 497. The van der Waals surface area contributed by atoms with E-state index in [0.717, 1.165) is 29.1 Å². The summed E-state index contributed by atoms with van der Waals surface area (Å²) in [6, 6.07) is 7.81. The predicted octanol–water partition coefficient (Wildman–Crippen LogP) is 3.87. The van der Waals surface area contributed by atoms with Crippen LogP contribution in [0, 0.1) is 5.92 Å². The average molecular weight is 278 g/mol. The molecule has 1 amide bonds. The van der Waals surface area contributed by atoms with Crippen molar-refractivity contribution in [2.24, 2.45) is 5.92 Å². The van der Waals surface area contributed by atoms with E-state index in [1.807, 2.05) is 43.0 Å². The highest BCUT2D eigenvalue weighted by Crippen LogP contribution is 2.50. The summed E-state index contributed by atoms with van der Waals surface area (Å²) < 4.78 is 0. The highest BCUT2D eigenvalue weighted by Gasteiger charge is 2.46. The molecule has 1 aliphatic carbocycles. The van der Waals surface area contributed by atoms with E-state index in [1.165, 1.54) is 0 Å². The fourth-order valence-electron chi connectivity index (χ4n) is 2.49. The molecule has 1 aromatic rings. The Morgan fingerprint density at radius 3 is 2.74 bits per heavy atom. The van der Waals surface area contributed by atoms with Gasteiger partial charge in [-0.3, -0.25) is 4.79 Å². The molecule has 3 heteroatoms. The minimum atomic E-state index is 0.0965. The first kappa shape index (κ1) is 14.1. The Labute approximate surface area is 120 Å². The third-order valence-corrected chi connectivity index (χ3v) is 3.91. The van der Waals surface area contributed by atoms with Crippen molar-refractivity contribution in [3.63, 3.8) is 0 Å². The van der Waals surface area contributed by atoms with E-state index in [9.17, 15) is 4.79 Å². The van der Waals surface area contributed by atoms with Gasteiger partial charge in [0, 0.05) is 24.0 Å². The van der Waals surface area contributed by atoms with Gasteiger partial charge in [0.2, 0.25) is 5.91 Å². The van der Waals surface area contributed by atoms with Crippen LogP contribution < -0.4 is 0 Å². The summed E-state index contributed by atoms with van der Waals surface area (Å²) in [6.45, 7) is 9.23. The molecule has 0 radical (unpaired) electrons. The molecule has 0 saturated heterocycles. The molecule has 1 aromatic carbocycles. The highest BCUT2D eigenvalue weighted by molar-refractivity contribution is 6.31. The normalized spacial score (nSPS) is 21.0. The third kappa shape index (κ3) is 3.19. The van der Waals surface area contributed by atoms with Gasteiger partial charge in [0.15, 0.2) is 0 Å². The molecule has 0 bridgehead atoms. The van der Waals surface area contributed by atoms with E-state index in [0.29, 0.717) is 12.5 Å². The summed E-state index contributed by atoms with van der Waals surface area (Å²) in [5.41, 5.74) is 2.12. The van der Waals surface area contributed by atoms with Crippen molar-refractivity contribution in [1.29, 1.82) is 0 Å². The van der Waals surface area contributed by atoms with Crippen molar-refractivity contribution in [3.05, 3.63) is 47.0 Å². The molecule has 0 aliphatic heterocycles. The van der Waals surface area contributed by atoms with Crippen LogP contribution in [0.2, 0.25) is 5.02 Å². The summed E-state index contributed by atoms with van der Waals surface area (Å²) >= 11 is 6.19. The molecule has 2 unspecified atom stereocenters. The number of hydrogen-bond donors (Lipinski definition) is 0. The second kappa shape index (κ2) is 5.79. The molecule has 0 N–H and O–H groups in total. The minimum absolute atomic E-state index is 0.0965. The second-order valence-corrected chi connectivity index (χ2v) is 5.69. The van der Waals surface area contributed by atoms with Crippen LogP contribution in [-0.4, -0.2) is 23.9 Å². The van der Waals surface area contributed by atoms with Crippen molar-refractivity contribution in [1.82, 2.24) is 4.90 Å². The molecular formula is C16H20ClNO. The first-order valence-electron chi connectivity index (χ1n) is 6.72. The van der Waals surface area contributed by atoms with E-state index in [4.69, 9.17) is 11.6 Å². The largest absolute Gasteiger partial charge is 0.339 e. The Balaban J connectivity index is 2.04. The molecule has 19 heavy (non-hydrogen) atoms. The maximum absolute atomic E-state index is 12.4. The van der Waals surface area contributed by atoms with Gasteiger partial charge >= 0.3 is 0 Å². The first-order chi connectivity index (χ1) is 9.04. The standard InChI is InChI=1S/C16H20ClNO/c1-4-18(10-11(2)3)16(19)14-9-13(14)12-7-5-6-8-15(12)17/h5-8,13-14H,2,4,9-10H2,1,3H3. The lowest BCUT2D eigenvalue weighted by Gasteiger charge is -2.21. The number of likely N-dealkylation sites (N-methyl/N-ethyl adjacent to an activating group) is 1. The molecule has 0 heterocycles. The Morgan fingerprint density at radius 2 is 2.16 bits per heavy atom. The molecule has 0 aromatic heterocycles. The topological polar surface area (TPSA) is 20.3 Å². The maximum atomic E-state index is 12.4. The third-order valence-electron chi connectivity index (χ3n) is 3.57. The summed E-state index contributed by atoms with van der Waals surface area (Å²) in [5, 5.41) is 0.769. The summed E-state index contributed by atoms with van der Waals surface area (Å²) in [6.07, 6.45) is 0.912. The van der Waals surface area contributed by atoms with Crippen LogP contribution in [0.4, 0.5) is 0 Å². The van der Waals surface area contributed by atoms with Gasteiger partial charge in [0.05, 0.1) is 0 Å². The number of carbonyl (C=O) groups is 1. The molecule has 0 spiro atoms. The van der Waals surface area contributed by atoms with Gasteiger partial charge in [-0.05, 0) is 37.8 Å². The number of nitrogens with zero attached hydrogens (tertiary/aromatic N) is 1. The van der Waals surface area contributed by atoms with Crippen LogP contribution in [-0.2, 0) is 4.79 Å². The Hall–Kier alpha value is -1.28. The van der Waals surface area contributed by atoms with Crippen LogP contribution in [0.15, 0.2) is 36.4 Å². The van der Waals surface area contributed by atoms with Crippen LogP contribution in [0.25, 0.3) is 0 Å². The van der Waals surface area contributed by atoms with E-state index >= 15 is 0 Å². The number of carbonyl (C=O) groups excluding carboxylic acids is 1. The van der Waals surface area contributed by atoms with Gasteiger partial charge in [-0.2, -0.15) is 0 Å². The first-order valence-corrected chi connectivity index (χ1v) is 7.10. The van der Waals surface area contributed by atoms with Crippen LogP contribution in [0.3, 0.4) is 0 Å². The molecule has 2 nitrogen and oxygen atoms in total. The summed E-state index contributed by atoms with van der Waals surface area (Å²) in [7, 11) is 0. The van der Waals surface area contributed by atoms with E-state index < -0.39 is 0 Å².